The second kappa shape index (κ2) is 14.5. The number of nitrogens with one attached hydrogen (secondary N) is 1. The average molecular weight is 688 g/mol. The lowest BCUT2D eigenvalue weighted by atomic mass is 9.34. The normalized spacial score (nSPS) is 42.7. The van der Waals surface area contributed by atoms with E-state index >= 15 is 0 Å². The molecule has 5 aliphatic rings. The predicted octanol–water partition coefficient (Wildman–Crippen LogP) is 5.94. The number of nitrogens with two attached hydrogens (primary N) is 2. The third-order valence-corrected chi connectivity index (χ3v) is 15.4. The number of aliphatic carboxylic acids is 1. The van der Waals surface area contributed by atoms with E-state index in [1.165, 1.54) is 12.5 Å². The molecule has 1 heterocycles. The Balaban J connectivity index is 1.42. The quantitative estimate of drug-likeness (QED) is 0.0991. The zero-order chi connectivity index (χ0) is 36.0. The minimum absolute atomic E-state index is 0.0878. The molecular formula is C40H69N3O6. The van der Waals surface area contributed by atoms with Gasteiger partial charge in [-0.2, -0.15) is 0 Å². The van der Waals surface area contributed by atoms with Gasteiger partial charge in [-0.3, -0.25) is 9.59 Å². The van der Waals surface area contributed by atoms with Crippen LogP contribution in [0.25, 0.3) is 0 Å². The van der Waals surface area contributed by atoms with Crippen LogP contribution in [0, 0.1) is 56.7 Å². The molecule has 6 N–H and O–H groups in total. The topological polar surface area (TPSA) is 146 Å². The highest BCUT2D eigenvalue weighted by Gasteiger charge is 2.72. The van der Waals surface area contributed by atoms with Crippen molar-refractivity contribution < 1.29 is 28.9 Å². The number of carboxylic acid groups (broad SMARTS) is 1. The zero-order valence-corrected chi connectivity index (χ0v) is 31.9. The maximum Gasteiger partial charge on any atom is 0.307 e. The van der Waals surface area contributed by atoms with Gasteiger partial charge < -0.3 is 36.1 Å². The van der Waals surface area contributed by atoms with Crippen LogP contribution in [0.2, 0.25) is 0 Å². The van der Waals surface area contributed by atoms with Crippen molar-refractivity contribution in [3.63, 3.8) is 0 Å². The van der Waals surface area contributed by atoms with Crippen molar-refractivity contribution in [2.24, 2.45) is 68.1 Å². The molecular weight excluding hydrogens is 618 g/mol. The second-order valence-electron chi connectivity index (χ2n) is 18.2. The van der Waals surface area contributed by atoms with Gasteiger partial charge in [0.25, 0.3) is 0 Å². The number of allylic oxidation sites excluding steroid dienone is 1. The summed E-state index contributed by atoms with van der Waals surface area (Å²) in [4.78, 5) is 26.0. The number of unbranched alkanes of at least 4 members (excludes halogenated alkanes) is 1. The molecule has 0 aromatic heterocycles. The van der Waals surface area contributed by atoms with E-state index < -0.39 is 11.9 Å². The Hall–Kier alpha value is -1.52. The second-order valence-corrected chi connectivity index (χ2v) is 18.2. The van der Waals surface area contributed by atoms with Crippen molar-refractivity contribution in [3.8, 4) is 0 Å². The zero-order valence-electron chi connectivity index (χ0n) is 31.9. The highest BCUT2D eigenvalue weighted by molar-refractivity contribution is 5.73. The lowest BCUT2D eigenvalue weighted by Crippen LogP contribution is -2.70. The number of fused-ring (bicyclic) bond motifs is 3. The molecule has 12 atom stereocenters. The van der Waals surface area contributed by atoms with Crippen molar-refractivity contribution in [1.82, 2.24) is 5.32 Å². The van der Waals surface area contributed by atoms with E-state index in [4.69, 9.17) is 25.7 Å². The smallest absolute Gasteiger partial charge is 0.307 e. The summed E-state index contributed by atoms with van der Waals surface area (Å²) < 4.78 is 19.5. The Morgan fingerprint density at radius 1 is 1.08 bits per heavy atom. The molecule has 4 fully saturated rings. The molecule has 280 valence electrons. The molecule has 3 saturated carbocycles. The van der Waals surface area contributed by atoms with Crippen LogP contribution < -0.4 is 16.8 Å². The number of esters is 1. The van der Waals surface area contributed by atoms with E-state index in [9.17, 15) is 14.7 Å². The summed E-state index contributed by atoms with van der Waals surface area (Å²) in [6, 6.07) is 0.0878. The minimum atomic E-state index is -0.642. The lowest BCUT2D eigenvalue weighted by Gasteiger charge is -2.71. The predicted molar refractivity (Wildman–Crippen MR) is 193 cm³/mol. The summed E-state index contributed by atoms with van der Waals surface area (Å²) in [6.45, 7) is 21.3. The van der Waals surface area contributed by atoms with Gasteiger partial charge in [-0.1, -0.05) is 66.5 Å². The number of hydrogen-bond donors (Lipinski definition) is 4. The van der Waals surface area contributed by atoms with Crippen molar-refractivity contribution in [1.29, 1.82) is 0 Å². The number of ether oxygens (including phenoxy) is 3. The van der Waals surface area contributed by atoms with Crippen LogP contribution in [0.1, 0.15) is 113 Å². The van der Waals surface area contributed by atoms with Crippen molar-refractivity contribution in [3.05, 3.63) is 11.6 Å². The van der Waals surface area contributed by atoms with Crippen LogP contribution in [0.4, 0.5) is 0 Å². The fraction of sp³-hybridized carbons (Fsp3) is 0.900. The van der Waals surface area contributed by atoms with Crippen LogP contribution in [-0.2, 0) is 23.8 Å². The van der Waals surface area contributed by atoms with Gasteiger partial charge in [0.2, 0.25) is 0 Å². The van der Waals surface area contributed by atoms with E-state index in [0.29, 0.717) is 57.1 Å². The fourth-order valence-electron chi connectivity index (χ4n) is 12.4. The van der Waals surface area contributed by atoms with E-state index in [1.807, 2.05) is 0 Å². The maximum absolute atomic E-state index is 13.4. The van der Waals surface area contributed by atoms with Crippen molar-refractivity contribution in [2.45, 2.75) is 131 Å². The Morgan fingerprint density at radius 3 is 2.47 bits per heavy atom. The maximum atomic E-state index is 13.4. The monoisotopic (exact) mass is 688 g/mol. The van der Waals surface area contributed by atoms with E-state index in [-0.39, 0.29) is 57.2 Å². The van der Waals surface area contributed by atoms with Gasteiger partial charge in [-0.15, -0.1) is 0 Å². The van der Waals surface area contributed by atoms with Gasteiger partial charge in [0.15, 0.2) is 0 Å². The molecule has 0 aromatic rings. The van der Waals surface area contributed by atoms with Crippen LogP contribution in [0.3, 0.4) is 0 Å². The van der Waals surface area contributed by atoms with Gasteiger partial charge in [0.1, 0.15) is 12.2 Å². The summed E-state index contributed by atoms with van der Waals surface area (Å²) >= 11 is 0. The van der Waals surface area contributed by atoms with Crippen LogP contribution in [0.5, 0.6) is 0 Å². The first kappa shape index (κ1) is 38.7. The third-order valence-electron chi connectivity index (χ3n) is 15.4. The molecule has 1 saturated heterocycles. The van der Waals surface area contributed by atoms with E-state index in [2.05, 4.69) is 59.9 Å². The molecule has 0 spiro atoms. The Morgan fingerprint density at radius 2 is 1.82 bits per heavy atom. The number of hydrogen-bond acceptors (Lipinski definition) is 8. The van der Waals surface area contributed by atoms with Gasteiger partial charge in [0.05, 0.1) is 25.7 Å². The number of carbonyl (C=O) groups is 2. The molecule has 9 nitrogen and oxygen atoms in total. The molecule has 0 amide bonds. The summed E-state index contributed by atoms with van der Waals surface area (Å²) in [7, 11) is 0. The van der Waals surface area contributed by atoms with Crippen molar-refractivity contribution >= 4 is 11.9 Å². The first-order chi connectivity index (χ1) is 23.0. The summed E-state index contributed by atoms with van der Waals surface area (Å²) in [6.07, 6.45) is 10.2. The highest BCUT2D eigenvalue weighted by Crippen LogP contribution is 2.75. The molecule has 1 aliphatic heterocycles. The van der Waals surface area contributed by atoms with Gasteiger partial charge in [0, 0.05) is 36.9 Å². The lowest BCUT2D eigenvalue weighted by molar-refractivity contribution is -0.266. The fourth-order valence-corrected chi connectivity index (χ4v) is 12.4. The average Bonchev–Trinajstić information content (AvgIpc) is 3.01. The first-order valence-electron chi connectivity index (χ1n) is 19.5. The number of carboxylic acids is 1. The number of rotatable bonds is 14. The highest BCUT2D eigenvalue weighted by atomic mass is 16.6. The van der Waals surface area contributed by atoms with Gasteiger partial charge in [-0.25, -0.2) is 0 Å². The van der Waals surface area contributed by atoms with Crippen LogP contribution in [0.15, 0.2) is 11.6 Å². The first-order valence-corrected chi connectivity index (χ1v) is 19.5. The third kappa shape index (κ3) is 6.44. The Kier molecular flexibility index (Phi) is 11.4. The summed E-state index contributed by atoms with van der Waals surface area (Å²) in [5.74, 6) is -0.0397. The molecule has 2 bridgehead atoms. The van der Waals surface area contributed by atoms with Gasteiger partial charge in [-0.05, 0) is 97.8 Å². The Labute approximate surface area is 296 Å². The SMILES string of the molecule is CC(=O)O[C@@H]1C[C@@]23COC[C@](C)(C2CC[C@H]2C3=CC[C@@]3(C)[C@H](C(=O)O)[C@@](C)([C@H](C)C(C)C)CC[C@]23C)[C@H]1OCCNC[C@@H](N)CCCCN. The summed E-state index contributed by atoms with van der Waals surface area (Å²) in [5.41, 5.74) is 12.0. The Bertz CT molecular complexity index is 1240. The van der Waals surface area contributed by atoms with E-state index in [1.54, 1.807) is 0 Å². The molecule has 4 aliphatic carbocycles. The van der Waals surface area contributed by atoms with Gasteiger partial charge >= 0.3 is 11.9 Å². The molecule has 0 radical (unpaired) electrons. The van der Waals surface area contributed by atoms with Crippen LogP contribution >= 0.6 is 0 Å². The standard InChI is InChI=1S/C40H69N3O6/c1-25(2)26(3)36(5)16-17-38(7)29-12-13-32-37(6)23-47-24-40(32,30(29)14-15-39(38,8)33(36)35(45)46)21-31(49-27(4)44)34(37)48-20-19-43-22-28(42)11-9-10-18-41/h14,25-26,28-29,31-34,43H,9-13,15-24,41-42H2,1-8H3,(H,45,46)/t26-,28+,29+,31-,32?,33-,34+,36-,37-,38-,39+,40+/m1/s1. The van der Waals surface area contributed by atoms with Crippen LogP contribution in [-0.4, -0.2) is 74.7 Å². The summed E-state index contributed by atoms with van der Waals surface area (Å²) in [5, 5.41) is 14.4. The number of carbonyl (C=O) groups excluding carboxylic acids is 1. The van der Waals surface area contributed by atoms with Crippen molar-refractivity contribution in [2.75, 3.05) is 39.5 Å². The molecule has 0 aromatic carbocycles. The van der Waals surface area contributed by atoms with E-state index in [0.717, 1.165) is 57.9 Å². The largest absolute Gasteiger partial charge is 0.481 e. The minimum Gasteiger partial charge on any atom is -0.481 e. The molecule has 5 rings (SSSR count). The molecule has 49 heavy (non-hydrogen) atoms. The molecule has 1 unspecified atom stereocenters. The molecule has 9 heteroatoms.